The Hall–Kier alpha value is -1.52. The molecule has 4 nitrogen and oxygen atoms in total. The third-order valence-corrected chi connectivity index (χ3v) is 5.21. The normalized spacial score (nSPS) is 37.4. The van der Waals surface area contributed by atoms with Crippen LogP contribution in [0.25, 0.3) is 0 Å². The highest BCUT2D eigenvalue weighted by molar-refractivity contribution is 5.54. The maximum Gasteiger partial charge on any atom is 0.160 e. The smallest absolute Gasteiger partial charge is 0.160 e. The van der Waals surface area contributed by atoms with E-state index in [1.807, 2.05) is 18.2 Å². The van der Waals surface area contributed by atoms with Crippen molar-refractivity contribution in [1.82, 2.24) is 4.90 Å². The number of aliphatic hydroxyl groups is 1. The summed E-state index contributed by atoms with van der Waals surface area (Å²) in [4.78, 5) is 2.43. The number of phenolic OH excluding ortho intramolecular Hbond substituents is 1. The Morgan fingerprint density at radius 2 is 2.25 bits per heavy atom. The first-order valence-corrected chi connectivity index (χ1v) is 7.16. The molecule has 0 saturated carbocycles. The molecule has 0 aromatic heterocycles. The van der Waals surface area contributed by atoms with Crippen molar-refractivity contribution >= 4 is 0 Å². The van der Waals surface area contributed by atoms with Crippen LogP contribution in [0.2, 0.25) is 0 Å². The van der Waals surface area contributed by atoms with Crippen LogP contribution in [0.5, 0.6) is 11.5 Å². The molecular formula is C16H19NO3. The van der Waals surface area contributed by atoms with Crippen LogP contribution < -0.4 is 4.74 Å². The Balaban J connectivity index is 1.93. The number of methoxy groups -OCH3 is 1. The number of phenols is 1. The Bertz CT molecular complexity index is 598. The molecule has 106 valence electrons. The molecule has 0 radical (unpaired) electrons. The molecule has 3 aliphatic rings. The number of aliphatic hydroxyl groups excluding tert-OH is 1. The lowest BCUT2D eigenvalue weighted by atomic mass is 9.66. The standard InChI is InChI=1S/C16H19NO3/c1-20-14-8-12-10(6-13(14)19)9-17-5-4-16(12)3-2-11(18)7-15(16)17/h2-3,6,8,11,15,18-19H,4-5,7,9H2,1H3/t11-,15+,16+/m0/s1. The van der Waals surface area contributed by atoms with Gasteiger partial charge in [-0.1, -0.05) is 12.2 Å². The molecule has 2 N–H and O–H groups in total. The van der Waals surface area contributed by atoms with Gasteiger partial charge in [0.05, 0.1) is 13.2 Å². The zero-order chi connectivity index (χ0) is 13.9. The number of hydrogen-bond acceptors (Lipinski definition) is 4. The van der Waals surface area contributed by atoms with Crippen LogP contribution in [-0.4, -0.2) is 40.9 Å². The molecule has 4 heteroatoms. The molecule has 1 saturated heterocycles. The molecule has 1 aliphatic carbocycles. The van der Waals surface area contributed by atoms with E-state index in [0.717, 1.165) is 25.9 Å². The van der Waals surface area contributed by atoms with E-state index in [-0.39, 0.29) is 17.3 Å². The first-order valence-electron chi connectivity index (χ1n) is 7.16. The van der Waals surface area contributed by atoms with E-state index in [1.165, 1.54) is 11.1 Å². The van der Waals surface area contributed by atoms with Gasteiger partial charge in [-0.05, 0) is 36.1 Å². The molecule has 1 aromatic carbocycles. The zero-order valence-electron chi connectivity index (χ0n) is 11.5. The minimum atomic E-state index is -0.339. The summed E-state index contributed by atoms with van der Waals surface area (Å²) < 4.78 is 5.28. The predicted molar refractivity (Wildman–Crippen MR) is 74.9 cm³/mol. The van der Waals surface area contributed by atoms with Gasteiger partial charge in [0.1, 0.15) is 0 Å². The van der Waals surface area contributed by atoms with Crippen LogP contribution in [0.1, 0.15) is 24.0 Å². The lowest BCUT2D eigenvalue weighted by molar-refractivity contribution is 0.110. The Kier molecular flexibility index (Phi) is 2.44. The van der Waals surface area contributed by atoms with Crippen LogP contribution in [0, 0.1) is 0 Å². The van der Waals surface area contributed by atoms with E-state index < -0.39 is 0 Å². The summed E-state index contributed by atoms with van der Waals surface area (Å²) in [6.45, 7) is 1.89. The van der Waals surface area contributed by atoms with Gasteiger partial charge < -0.3 is 14.9 Å². The second kappa shape index (κ2) is 3.99. The summed E-state index contributed by atoms with van der Waals surface area (Å²) >= 11 is 0. The molecule has 1 aromatic rings. The second-order valence-electron chi connectivity index (χ2n) is 6.12. The van der Waals surface area contributed by atoms with Crippen LogP contribution in [0.4, 0.5) is 0 Å². The van der Waals surface area contributed by atoms with Gasteiger partial charge in [-0.15, -0.1) is 0 Å². The molecule has 20 heavy (non-hydrogen) atoms. The fourth-order valence-corrected chi connectivity index (χ4v) is 4.27. The van der Waals surface area contributed by atoms with Crippen molar-refractivity contribution in [2.45, 2.75) is 36.9 Å². The third-order valence-electron chi connectivity index (χ3n) is 5.21. The van der Waals surface area contributed by atoms with E-state index in [0.29, 0.717) is 11.8 Å². The van der Waals surface area contributed by atoms with Crippen LogP contribution in [0.3, 0.4) is 0 Å². The minimum absolute atomic E-state index is 0.0200. The number of aromatic hydroxyl groups is 1. The van der Waals surface area contributed by atoms with Gasteiger partial charge in [0.15, 0.2) is 11.5 Å². The van der Waals surface area contributed by atoms with Crippen molar-refractivity contribution < 1.29 is 14.9 Å². The molecular weight excluding hydrogens is 254 g/mol. The summed E-state index contributed by atoms with van der Waals surface area (Å²) in [7, 11) is 1.58. The van der Waals surface area contributed by atoms with Crippen LogP contribution in [-0.2, 0) is 12.0 Å². The van der Waals surface area contributed by atoms with Gasteiger partial charge in [-0.3, -0.25) is 4.90 Å². The van der Waals surface area contributed by atoms with Crippen LogP contribution >= 0.6 is 0 Å². The molecule has 2 aliphatic heterocycles. The van der Waals surface area contributed by atoms with Crippen molar-refractivity contribution in [3.8, 4) is 11.5 Å². The lowest BCUT2D eigenvalue weighted by Crippen LogP contribution is -2.49. The summed E-state index contributed by atoms with van der Waals surface area (Å²) in [5, 5.41) is 19.9. The van der Waals surface area contributed by atoms with Crippen molar-refractivity contribution in [1.29, 1.82) is 0 Å². The van der Waals surface area contributed by atoms with Crippen LogP contribution in [0.15, 0.2) is 24.3 Å². The van der Waals surface area contributed by atoms with Gasteiger partial charge in [0.25, 0.3) is 0 Å². The highest BCUT2D eigenvalue weighted by Gasteiger charge is 2.52. The fraction of sp³-hybridized carbons (Fsp3) is 0.500. The summed E-state index contributed by atoms with van der Waals surface area (Å²) in [6.07, 6.45) is 5.63. The average molecular weight is 273 g/mol. The predicted octanol–water partition coefficient (Wildman–Crippen LogP) is 1.55. The molecule has 1 fully saturated rings. The van der Waals surface area contributed by atoms with Gasteiger partial charge in [0, 0.05) is 24.5 Å². The van der Waals surface area contributed by atoms with Crippen molar-refractivity contribution in [3.63, 3.8) is 0 Å². The average Bonchev–Trinajstić information content (AvgIpc) is 2.71. The lowest BCUT2D eigenvalue weighted by Gasteiger charge is -2.45. The van der Waals surface area contributed by atoms with E-state index in [9.17, 15) is 10.2 Å². The molecule has 2 heterocycles. The number of rotatable bonds is 1. The van der Waals surface area contributed by atoms with Gasteiger partial charge in [-0.2, -0.15) is 0 Å². The monoisotopic (exact) mass is 273 g/mol. The maximum atomic E-state index is 9.99. The number of nitrogens with zero attached hydrogens (tertiary/aromatic N) is 1. The summed E-state index contributed by atoms with van der Waals surface area (Å²) in [6, 6.07) is 4.19. The van der Waals surface area contributed by atoms with E-state index in [2.05, 4.69) is 11.0 Å². The second-order valence-corrected chi connectivity index (χ2v) is 6.12. The van der Waals surface area contributed by atoms with Crippen molar-refractivity contribution in [2.24, 2.45) is 0 Å². The Labute approximate surface area is 118 Å². The van der Waals surface area contributed by atoms with E-state index in [4.69, 9.17) is 4.74 Å². The van der Waals surface area contributed by atoms with Crippen molar-refractivity contribution in [3.05, 3.63) is 35.4 Å². The largest absolute Gasteiger partial charge is 0.504 e. The van der Waals surface area contributed by atoms with Crippen molar-refractivity contribution in [2.75, 3.05) is 13.7 Å². The van der Waals surface area contributed by atoms with E-state index in [1.54, 1.807) is 7.11 Å². The Morgan fingerprint density at radius 3 is 3.05 bits per heavy atom. The van der Waals surface area contributed by atoms with Gasteiger partial charge >= 0.3 is 0 Å². The Morgan fingerprint density at radius 1 is 1.40 bits per heavy atom. The number of hydrogen-bond donors (Lipinski definition) is 2. The molecule has 4 atom stereocenters. The fourth-order valence-electron chi connectivity index (χ4n) is 4.27. The molecule has 4 rings (SSSR count). The third kappa shape index (κ3) is 1.43. The van der Waals surface area contributed by atoms with E-state index >= 15 is 0 Å². The zero-order valence-corrected chi connectivity index (χ0v) is 11.5. The molecule has 0 spiro atoms. The van der Waals surface area contributed by atoms with Gasteiger partial charge in [0.2, 0.25) is 0 Å². The minimum Gasteiger partial charge on any atom is -0.504 e. The highest BCUT2D eigenvalue weighted by Crippen LogP contribution is 2.52. The maximum absolute atomic E-state index is 9.99. The highest BCUT2D eigenvalue weighted by atomic mass is 16.5. The topological polar surface area (TPSA) is 52.9 Å². The van der Waals surface area contributed by atoms with Gasteiger partial charge in [-0.25, -0.2) is 0 Å². The molecule has 2 bridgehead atoms. The summed E-state index contributed by atoms with van der Waals surface area (Å²) in [5.41, 5.74) is 2.42. The molecule has 0 amide bonds. The number of ether oxygens (including phenoxy) is 1. The number of benzene rings is 1. The quantitative estimate of drug-likeness (QED) is 0.762. The summed E-state index contributed by atoms with van der Waals surface area (Å²) in [5.74, 6) is 0.748. The first-order chi connectivity index (χ1) is 9.64. The molecule has 1 unspecified atom stereocenters. The number of fused-ring (bicyclic) bond motifs is 1. The first kappa shape index (κ1) is 12.2. The SMILES string of the molecule is COc1cc2c(cc1O)CN1CC[C@]23C=C[C@H](O)C[C@@H]13.